The summed E-state index contributed by atoms with van der Waals surface area (Å²) in [6.45, 7) is -0.316. The van der Waals surface area contributed by atoms with Gasteiger partial charge in [-0.1, -0.05) is 37.5 Å². The first kappa shape index (κ1) is 26.1. The van der Waals surface area contributed by atoms with Crippen molar-refractivity contribution >= 4 is 28.7 Å². The molecule has 0 spiro atoms. The van der Waals surface area contributed by atoms with Gasteiger partial charge in [0.2, 0.25) is 0 Å². The van der Waals surface area contributed by atoms with Crippen LogP contribution in [0.4, 0.5) is 10.1 Å². The Kier molecular flexibility index (Phi) is 7.96. The van der Waals surface area contributed by atoms with Gasteiger partial charge in [0.1, 0.15) is 11.6 Å². The van der Waals surface area contributed by atoms with Crippen molar-refractivity contribution < 1.29 is 18.7 Å². The molecule has 8 nitrogen and oxygen atoms in total. The molecule has 4 aromatic rings. The highest BCUT2D eigenvalue weighted by Crippen LogP contribution is 2.33. The molecule has 1 aliphatic rings. The second-order valence-corrected chi connectivity index (χ2v) is 9.41. The molecule has 0 saturated heterocycles. The van der Waals surface area contributed by atoms with Crippen LogP contribution in [0.1, 0.15) is 49.4 Å². The van der Waals surface area contributed by atoms with E-state index in [1.807, 2.05) is 18.2 Å². The fraction of sp³-hybridized carbons (Fsp3) is 0.267. The van der Waals surface area contributed by atoms with Gasteiger partial charge < -0.3 is 14.8 Å². The molecular formula is C30H29FN4O4. The highest BCUT2D eigenvalue weighted by atomic mass is 19.1. The molecule has 0 radical (unpaired) electrons. The normalized spacial score (nSPS) is 14.0. The van der Waals surface area contributed by atoms with Gasteiger partial charge in [0.25, 0.3) is 11.5 Å². The fourth-order valence-corrected chi connectivity index (χ4v) is 4.82. The van der Waals surface area contributed by atoms with Crippen molar-refractivity contribution in [3.05, 3.63) is 94.3 Å². The van der Waals surface area contributed by atoms with Crippen LogP contribution in [0.2, 0.25) is 0 Å². The van der Waals surface area contributed by atoms with E-state index in [0.717, 1.165) is 25.7 Å². The largest absolute Gasteiger partial charge is 0.493 e. The number of carbonyl (C=O) groups is 1. The van der Waals surface area contributed by atoms with E-state index in [1.165, 1.54) is 48.7 Å². The first-order chi connectivity index (χ1) is 19.0. The Labute approximate surface area is 225 Å². The Morgan fingerprint density at radius 1 is 1.08 bits per heavy atom. The van der Waals surface area contributed by atoms with Crippen LogP contribution in [-0.2, 0) is 4.79 Å². The first-order valence-corrected chi connectivity index (χ1v) is 12.9. The van der Waals surface area contributed by atoms with Gasteiger partial charge in [-0.25, -0.2) is 9.37 Å². The molecule has 0 bridgehead atoms. The molecule has 3 aromatic carbocycles. The van der Waals surface area contributed by atoms with Crippen LogP contribution in [0.5, 0.6) is 11.5 Å². The highest BCUT2D eigenvalue weighted by molar-refractivity contribution is 5.92. The Balaban J connectivity index is 1.45. The van der Waals surface area contributed by atoms with E-state index in [9.17, 15) is 14.0 Å². The molecule has 1 saturated carbocycles. The highest BCUT2D eigenvalue weighted by Gasteiger charge is 2.22. The Morgan fingerprint density at radius 2 is 1.85 bits per heavy atom. The van der Waals surface area contributed by atoms with Crippen molar-refractivity contribution in [1.29, 1.82) is 0 Å². The Bertz CT molecular complexity index is 1560. The number of nitrogens with zero attached hydrogens (tertiary/aromatic N) is 3. The third-order valence-electron chi connectivity index (χ3n) is 6.77. The zero-order chi connectivity index (χ0) is 27.2. The maximum atomic E-state index is 13.5. The number of halogens is 1. The number of benzene rings is 3. The van der Waals surface area contributed by atoms with Gasteiger partial charge in [-0.2, -0.15) is 9.78 Å². The minimum Gasteiger partial charge on any atom is -0.493 e. The van der Waals surface area contributed by atoms with E-state index < -0.39 is 11.7 Å². The molecule has 0 atom stereocenters. The summed E-state index contributed by atoms with van der Waals surface area (Å²) in [5.41, 5.74) is 1.40. The summed E-state index contributed by atoms with van der Waals surface area (Å²) >= 11 is 0. The standard InChI is InChI=1S/C30H29FN4O4/c1-38-26-13-7-10-21(28(26)39-19-27(36)33-23-16-14-22(31)15-17-23)18-32-35-29(20-8-3-2-4-9-20)34-25-12-6-5-11-24(25)30(35)37/h5-7,10-18,20H,2-4,8-9,19H2,1H3,(H,33,36). The predicted molar refractivity (Wildman–Crippen MR) is 148 cm³/mol. The third-order valence-corrected chi connectivity index (χ3v) is 6.77. The molecule has 1 fully saturated rings. The Morgan fingerprint density at radius 3 is 2.62 bits per heavy atom. The molecule has 1 amide bonds. The summed E-state index contributed by atoms with van der Waals surface area (Å²) in [6, 6.07) is 18.0. The summed E-state index contributed by atoms with van der Waals surface area (Å²) in [6.07, 6.45) is 6.79. The zero-order valence-electron chi connectivity index (χ0n) is 21.6. The van der Waals surface area contributed by atoms with Crippen LogP contribution in [0.25, 0.3) is 10.9 Å². The van der Waals surface area contributed by atoms with Crippen LogP contribution in [0, 0.1) is 5.82 Å². The number of aromatic nitrogens is 2. The van der Waals surface area contributed by atoms with E-state index in [0.29, 0.717) is 39.5 Å². The second-order valence-electron chi connectivity index (χ2n) is 9.41. The van der Waals surface area contributed by atoms with Crippen LogP contribution in [-0.4, -0.2) is 35.5 Å². The van der Waals surface area contributed by atoms with Gasteiger partial charge in [-0.15, -0.1) is 0 Å². The van der Waals surface area contributed by atoms with Crippen molar-refractivity contribution in [3.8, 4) is 11.5 Å². The van der Waals surface area contributed by atoms with Gasteiger partial charge in [0.05, 0.1) is 24.2 Å². The van der Waals surface area contributed by atoms with E-state index in [4.69, 9.17) is 14.5 Å². The lowest BCUT2D eigenvalue weighted by atomic mass is 9.88. The maximum absolute atomic E-state index is 13.5. The molecule has 39 heavy (non-hydrogen) atoms. The summed E-state index contributed by atoms with van der Waals surface area (Å²) < 4.78 is 25.9. The van der Waals surface area contributed by atoms with Gasteiger partial charge in [-0.3, -0.25) is 9.59 Å². The molecular weight excluding hydrogens is 499 g/mol. The maximum Gasteiger partial charge on any atom is 0.282 e. The number of carbonyl (C=O) groups excluding carboxylic acids is 1. The van der Waals surface area contributed by atoms with Crippen molar-refractivity contribution in [3.63, 3.8) is 0 Å². The Hall–Kier alpha value is -4.53. The molecule has 1 N–H and O–H groups in total. The van der Waals surface area contributed by atoms with E-state index in [-0.39, 0.29) is 18.1 Å². The summed E-state index contributed by atoms with van der Waals surface area (Å²) in [4.78, 5) is 30.8. The SMILES string of the molecule is COc1cccc(C=Nn2c(C3CCCCC3)nc3ccccc3c2=O)c1OCC(=O)Nc1ccc(F)cc1. The van der Waals surface area contributed by atoms with E-state index in [1.54, 1.807) is 24.3 Å². The third kappa shape index (κ3) is 5.98. The molecule has 1 aliphatic carbocycles. The number of methoxy groups -OCH3 is 1. The summed E-state index contributed by atoms with van der Waals surface area (Å²) in [5, 5.41) is 7.74. The lowest BCUT2D eigenvalue weighted by Gasteiger charge is -2.22. The van der Waals surface area contributed by atoms with Gasteiger partial charge in [0.15, 0.2) is 18.1 Å². The van der Waals surface area contributed by atoms with Crippen molar-refractivity contribution in [2.24, 2.45) is 5.10 Å². The lowest BCUT2D eigenvalue weighted by Crippen LogP contribution is -2.25. The monoisotopic (exact) mass is 528 g/mol. The smallest absolute Gasteiger partial charge is 0.282 e. The van der Waals surface area contributed by atoms with Crippen molar-refractivity contribution in [1.82, 2.24) is 9.66 Å². The van der Waals surface area contributed by atoms with Crippen molar-refractivity contribution in [2.45, 2.75) is 38.0 Å². The number of nitrogens with one attached hydrogen (secondary N) is 1. The van der Waals surface area contributed by atoms with Crippen LogP contribution in [0.3, 0.4) is 0 Å². The van der Waals surface area contributed by atoms with Crippen molar-refractivity contribution in [2.75, 3.05) is 19.0 Å². The number of hydrogen-bond acceptors (Lipinski definition) is 6. The number of fused-ring (bicyclic) bond motifs is 1. The molecule has 0 aliphatic heterocycles. The number of hydrogen-bond donors (Lipinski definition) is 1. The van der Waals surface area contributed by atoms with Crippen LogP contribution in [0.15, 0.2) is 76.6 Å². The number of amides is 1. The summed E-state index contributed by atoms with van der Waals surface area (Å²) in [5.74, 6) is 0.687. The number of para-hydroxylation sites is 2. The number of ether oxygens (including phenoxy) is 2. The minimum absolute atomic E-state index is 0.143. The van der Waals surface area contributed by atoms with Crippen LogP contribution >= 0.6 is 0 Å². The number of anilines is 1. The second kappa shape index (κ2) is 11.9. The van der Waals surface area contributed by atoms with E-state index in [2.05, 4.69) is 10.4 Å². The first-order valence-electron chi connectivity index (χ1n) is 12.9. The molecule has 5 rings (SSSR count). The summed E-state index contributed by atoms with van der Waals surface area (Å²) in [7, 11) is 1.50. The van der Waals surface area contributed by atoms with Gasteiger partial charge >= 0.3 is 0 Å². The molecule has 0 unspecified atom stereocenters. The van der Waals surface area contributed by atoms with Crippen LogP contribution < -0.4 is 20.3 Å². The molecule has 1 aromatic heterocycles. The number of rotatable bonds is 8. The average molecular weight is 529 g/mol. The van der Waals surface area contributed by atoms with Gasteiger partial charge in [-0.05, 0) is 61.4 Å². The quantitative estimate of drug-likeness (QED) is 0.305. The average Bonchev–Trinajstić information content (AvgIpc) is 2.97. The lowest BCUT2D eigenvalue weighted by molar-refractivity contribution is -0.118. The van der Waals surface area contributed by atoms with Gasteiger partial charge in [0, 0.05) is 17.2 Å². The minimum atomic E-state index is -0.426. The topological polar surface area (TPSA) is 94.8 Å². The fourth-order valence-electron chi connectivity index (χ4n) is 4.82. The van der Waals surface area contributed by atoms with E-state index >= 15 is 0 Å². The molecule has 9 heteroatoms. The zero-order valence-corrected chi connectivity index (χ0v) is 21.6. The molecule has 200 valence electrons. The predicted octanol–water partition coefficient (Wildman–Crippen LogP) is 5.49. The molecule has 1 heterocycles.